The zero-order valence-electron chi connectivity index (χ0n) is 18.7. The van der Waals surface area contributed by atoms with E-state index in [1.54, 1.807) is 21.6 Å². The quantitative estimate of drug-likeness (QED) is 0.522. The van der Waals surface area contributed by atoms with E-state index in [1.165, 1.54) is 0 Å². The number of hydrogen-bond acceptors (Lipinski definition) is 7. The third-order valence-corrected chi connectivity index (χ3v) is 7.04. The van der Waals surface area contributed by atoms with Crippen molar-refractivity contribution in [1.82, 2.24) is 29.4 Å². The van der Waals surface area contributed by atoms with Crippen molar-refractivity contribution in [2.24, 2.45) is 24.6 Å². The van der Waals surface area contributed by atoms with Crippen molar-refractivity contribution in [2.75, 3.05) is 18.0 Å². The molecule has 2 aliphatic rings. The van der Waals surface area contributed by atoms with Crippen molar-refractivity contribution in [3.8, 4) is 28.5 Å². The molecule has 0 amide bonds. The molecule has 1 saturated carbocycles. The number of nitrogens with two attached hydrogens (primary N) is 1. The van der Waals surface area contributed by atoms with Crippen molar-refractivity contribution >= 4 is 11.3 Å². The Morgan fingerprint density at radius 2 is 1.82 bits per heavy atom. The smallest absolute Gasteiger partial charge is 0.147 e. The Kier molecular flexibility index (Phi) is 4.29. The molecule has 0 bridgehead atoms. The van der Waals surface area contributed by atoms with Gasteiger partial charge in [-0.2, -0.15) is 15.5 Å². The standard InChI is InChI=1S/C24H25N9/c1-24(26)4-16-12-32(13-17(16)5-24)22-10-27-21(9-28-22)20-3-15(19-8-29-31(2)11-19)14-33-23(20)18(6-25)7-30-33/h3,7-11,14,16-17H,4-5,12-13,26H2,1-2H3/t16-,17+,24+. The van der Waals surface area contributed by atoms with Gasteiger partial charge in [0.25, 0.3) is 0 Å². The van der Waals surface area contributed by atoms with Gasteiger partial charge < -0.3 is 10.6 Å². The lowest BCUT2D eigenvalue weighted by Crippen LogP contribution is -2.35. The summed E-state index contributed by atoms with van der Waals surface area (Å²) < 4.78 is 3.49. The number of rotatable bonds is 3. The molecular formula is C24H25N9. The molecule has 5 heterocycles. The number of hydrogen-bond donors (Lipinski definition) is 1. The van der Waals surface area contributed by atoms with Gasteiger partial charge in [0.1, 0.15) is 11.9 Å². The molecule has 0 spiro atoms. The van der Waals surface area contributed by atoms with Gasteiger partial charge in [0.2, 0.25) is 0 Å². The second-order valence-corrected chi connectivity index (χ2v) is 9.76. The lowest BCUT2D eigenvalue weighted by Gasteiger charge is -2.23. The van der Waals surface area contributed by atoms with Crippen LogP contribution in [0.2, 0.25) is 0 Å². The molecule has 4 aromatic rings. The minimum atomic E-state index is -0.0364. The van der Waals surface area contributed by atoms with Crippen LogP contribution in [0.15, 0.2) is 43.2 Å². The third kappa shape index (κ3) is 3.34. The Labute approximate surface area is 191 Å². The Balaban J connectivity index is 1.36. The average molecular weight is 440 g/mol. The molecule has 2 fully saturated rings. The van der Waals surface area contributed by atoms with E-state index in [0.717, 1.165) is 54.0 Å². The third-order valence-electron chi connectivity index (χ3n) is 7.04. The maximum atomic E-state index is 9.62. The van der Waals surface area contributed by atoms with Crippen LogP contribution in [-0.4, -0.2) is 48.0 Å². The highest BCUT2D eigenvalue weighted by Gasteiger charge is 2.45. The van der Waals surface area contributed by atoms with Crippen LogP contribution in [0.25, 0.3) is 27.9 Å². The molecule has 4 aromatic heterocycles. The summed E-state index contributed by atoms with van der Waals surface area (Å²) in [5.74, 6) is 2.14. The van der Waals surface area contributed by atoms with Crippen LogP contribution in [0, 0.1) is 23.2 Å². The predicted molar refractivity (Wildman–Crippen MR) is 124 cm³/mol. The van der Waals surface area contributed by atoms with Crippen LogP contribution >= 0.6 is 0 Å². The molecule has 3 atom stereocenters. The number of aromatic nitrogens is 6. The van der Waals surface area contributed by atoms with Crippen LogP contribution in [0.1, 0.15) is 25.3 Å². The van der Waals surface area contributed by atoms with Gasteiger partial charge in [0, 0.05) is 54.8 Å². The molecule has 0 unspecified atom stereocenters. The van der Waals surface area contributed by atoms with Crippen molar-refractivity contribution in [2.45, 2.75) is 25.3 Å². The number of anilines is 1. The highest BCUT2D eigenvalue weighted by Crippen LogP contribution is 2.43. The maximum absolute atomic E-state index is 9.62. The number of nitrogens with zero attached hydrogens (tertiary/aromatic N) is 8. The summed E-state index contributed by atoms with van der Waals surface area (Å²) in [6.07, 6.45) is 13.0. The Hall–Kier alpha value is -3.77. The van der Waals surface area contributed by atoms with E-state index in [9.17, 15) is 5.26 Å². The Bertz CT molecular complexity index is 1370. The van der Waals surface area contributed by atoms with Gasteiger partial charge in [-0.25, -0.2) is 9.50 Å². The molecular weight excluding hydrogens is 414 g/mol. The van der Waals surface area contributed by atoms with E-state index in [2.05, 4.69) is 28.1 Å². The van der Waals surface area contributed by atoms with E-state index < -0.39 is 0 Å². The molecule has 1 aliphatic heterocycles. The van der Waals surface area contributed by atoms with Crippen molar-refractivity contribution in [3.05, 3.63) is 48.8 Å². The Morgan fingerprint density at radius 1 is 1.03 bits per heavy atom. The summed E-state index contributed by atoms with van der Waals surface area (Å²) in [4.78, 5) is 11.8. The molecule has 1 aliphatic carbocycles. The van der Waals surface area contributed by atoms with E-state index >= 15 is 0 Å². The topological polar surface area (TPSA) is 114 Å². The monoisotopic (exact) mass is 439 g/mol. The fourth-order valence-electron chi connectivity index (χ4n) is 5.62. The number of nitriles is 1. The zero-order chi connectivity index (χ0) is 22.7. The van der Waals surface area contributed by atoms with Crippen LogP contribution in [0.5, 0.6) is 0 Å². The van der Waals surface area contributed by atoms with Gasteiger partial charge in [0.15, 0.2) is 0 Å². The van der Waals surface area contributed by atoms with Crippen LogP contribution in [-0.2, 0) is 7.05 Å². The van der Waals surface area contributed by atoms with E-state index in [1.807, 2.05) is 37.9 Å². The summed E-state index contributed by atoms with van der Waals surface area (Å²) in [6.45, 7) is 4.12. The van der Waals surface area contributed by atoms with Gasteiger partial charge in [-0.3, -0.25) is 9.67 Å². The van der Waals surface area contributed by atoms with Crippen LogP contribution in [0.3, 0.4) is 0 Å². The van der Waals surface area contributed by atoms with Crippen LogP contribution < -0.4 is 10.6 Å². The largest absolute Gasteiger partial charge is 0.355 e. The minimum Gasteiger partial charge on any atom is -0.355 e. The van der Waals surface area contributed by atoms with E-state index in [4.69, 9.17) is 15.7 Å². The summed E-state index contributed by atoms with van der Waals surface area (Å²) >= 11 is 0. The second kappa shape index (κ2) is 7.12. The van der Waals surface area contributed by atoms with Gasteiger partial charge in [-0.05, 0) is 37.7 Å². The zero-order valence-corrected chi connectivity index (χ0v) is 18.7. The van der Waals surface area contributed by atoms with Gasteiger partial charge >= 0.3 is 0 Å². The lowest BCUT2D eigenvalue weighted by molar-refractivity contribution is 0.449. The van der Waals surface area contributed by atoms with Crippen molar-refractivity contribution in [3.63, 3.8) is 0 Å². The molecule has 33 heavy (non-hydrogen) atoms. The summed E-state index contributed by atoms with van der Waals surface area (Å²) in [6, 6.07) is 4.27. The minimum absolute atomic E-state index is 0.0364. The number of aryl methyl sites for hydroxylation is 1. The Morgan fingerprint density at radius 3 is 2.45 bits per heavy atom. The molecule has 6 rings (SSSR count). The van der Waals surface area contributed by atoms with Gasteiger partial charge in [-0.15, -0.1) is 0 Å². The highest BCUT2D eigenvalue weighted by atomic mass is 15.2. The van der Waals surface area contributed by atoms with Gasteiger partial charge in [0.05, 0.1) is 41.6 Å². The molecule has 9 nitrogen and oxygen atoms in total. The fourth-order valence-corrected chi connectivity index (χ4v) is 5.62. The molecule has 1 saturated heterocycles. The first kappa shape index (κ1) is 19.9. The van der Waals surface area contributed by atoms with E-state index in [0.29, 0.717) is 23.1 Å². The fraction of sp³-hybridized carbons (Fsp3) is 0.375. The van der Waals surface area contributed by atoms with Crippen molar-refractivity contribution in [1.29, 1.82) is 5.26 Å². The average Bonchev–Trinajstić information content (AvgIpc) is 3.55. The highest BCUT2D eigenvalue weighted by molar-refractivity contribution is 5.86. The molecule has 166 valence electrons. The predicted octanol–water partition coefficient (Wildman–Crippen LogP) is 2.63. The van der Waals surface area contributed by atoms with Gasteiger partial charge in [-0.1, -0.05) is 0 Å². The summed E-state index contributed by atoms with van der Waals surface area (Å²) in [5.41, 5.74) is 11.0. The lowest BCUT2D eigenvalue weighted by atomic mass is 10.00. The van der Waals surface area contributed by atoms with Crippen LogP contribution in [0.4, 0.5) is 5.82 Å². The SMILES string of the molecule is Cn1cc(-c2cc(-c3cnc(N4C[C@@H]5C[C@@](C)(N)C[C@@H]5C4)cn3)c3c(C#N)cnn3c2)cn1. The number of pyridine rings is 1. The summed E-state index contributed by atoms with van der Waals surface area (Å²) in [7, 11) is 1.88. The molecule has 2 N–H and O–H groups in total. The van der Waals surface area contributed by atoms with E-state index in [-0.39, 0.29) is 5.54 Å². The number of fused-ring (bicyclic) bond motifs is 2. The normalized spacial score (nSPS) is 24.4. The molecule has 0 aromatic carbocycles. The van der Waals surface area contributed by atoms with Crippen molar-refractivity contribution < 1.29 is 0 Å². The second-order valence-electron chi connectivity index (χ2n) is 9.76. The maximum Gasteiger partial charge on any atom is 0.147 e. The summed E-state index contributed by atoms with van der Waals surface area (Å²) in [5, 5.41) is 18.3. The first-order valence-corrected chi connectivity index (χ1v) is 11.2. The molecule has 0 radical (unpaired) electrons. The molecule has 9 heteroatoms. The first-order valence-electron chi connectivity index (χ1n) is 11.2. The first-order chi connectivity index (χ1) is 15.9.